The van der Waals surface area contributed by atoms with Crippen LogP contribution in [0, 0.1) is 22.5 Å². The molecule has 0 amide bonds. The number of nitro groups is 1. The highest BCUT2D eigenvalue weighted by Crippen LogP contribution is 2.21. The number of nitrogens with zero attached hydrogens (tertiary/aromatic N) is 1. The van der Waals surface area contributed by atoms with Gasteiger partial charge in [0.05, 0.1) is 4.92 Å². The molecule has 0 aliphatic heterocycles. The van der Waals surface area contributed by atoms with Gasteiger partial charge in [-0.1, -0.05) is 5.92 Å². The topological polar surface area (TPSA) is 52.4 Å². The maximum absolute atomic E-state index is 10.4. The minimum absolute atomic E-state index is 0.0286. The van der Waals surface area contributed by atoms with Gasteiger partial charge in [0.15, 0.2) is 5.60 Å². The highest BCUT2D eigenvalue weighted by atomic mass is 16.6. The van der Waals surface area contributed by atoms with Crippen molar-refractivity contribution in [1.82, 2.24) is 0 Å². The van der Waals surface area contributed by atoms with E-state index in [1.807, 2.05) is 0 Å². The zero-order valence-corrected chi connectivity index (χ0v) is 8.56. The molecule has 0 spiro atoms. The molecule has 0 aliphatic rings. The molecule has 0 unspecified atom stereocenters. The normalized spacial score (nSPS) is 10.5. The predicted octanol–water partition coefficient (Wildman–Crippen LogP) is 2.39. The summed E-state index contributed by atoms with van der Waals surface area (Å²) in [6, 6.07) is 5.80. The molecular formula is C11H11NO3. The molecule has 0 saturated carbocycles. The lowest BCUT2D eigenvalue weighted by atomic mass is 10.1. The van der Waals surface area contributed by atoms with E-state index in [0.717, 1.165) is 0 Å². The van der Waals surface area contributed by atoms with E-state index in [9.17, 15) is 10.1 Å². The van der Waals surface area contributed by atoms with Crippen LogP contribution in [-0.2, 0) is 0 Å². The Morgan fingerprint density at radius 2 is 1.93 bits per heavy atom. The second-order valence-electron chi connectivity index (χ2n) is 3.51. The van der Waals surface area contributed by atoms with Gasteiger partial charge in [-0.25, -0.2) is 0 Å². The van der Waals surface area contributed by atoms with Crippen LogP contribution in [0.2, 0.25) is 0 Å². The maximum Gasteiger partial charge on any atom is 0.269 e. The number of hydrogen-bond acceptors (Lipinski definition) is 3. The first-order chi connectivity index (χ1) is 6.94. The van der Waals surface area contributed by atoms with Crippen LogP contribution >= 0.6 is 0 Å². The Hall–Kier alpha value is -2.02. The predicted molar refractivity (Wildman–Crippen MR) is 56.6 cm³/mol. The van der Waals surface area contributed by atoms with E-state index in [2.05, 4.69) is 5.92 Å². The fourth-order valence-corrected chi connectivity index (χ4v) is 0.960. The lowest BCUT2D eigenvalue weighted by molar-refractivity contribution is -0.384. The third-order valence-corrected chi connectivity index (χ3v) is 1.77. The van der Waals surface area contributed by atoms with Crippen molar-refractivity contribution in [3.8, 4) is 18.1 Å². The van der Waals surface area contributed by atoms with Gasteiger partial charge in [-0.15, -0.1) is 6.42 Å². The molecular weight excluding hydrogens is 194 g/mol. The van der Waals surface area contributed by atoms with Gasteiger partial charge in [0, 0.05) is 12.1 Å². The number of benzene rings is 1. The lowest BCUT2D eigenvalue weighted by Gasteiger charge is -2.19. The number of rotatable bonds is 3. The molecule has 4 heteroatoms. The van der Waals surface area contributed by atoms with Crippen molar-refractivity contribution in [3.63, 3.8) is 0 Å². The first-order valence-corrected chi connectivity index (χ1v) is 4.36. The van der Waals surface area contributed by atoms with Crippen LogP contribution in [0.1, 0.15) is 13.8 Å². The lowest BCUT2D eigenvalue weighted by Crippen LogP contribution is -2.25. The van der Waals surface area contributed by atoms with E-state index in [4.69, 9.17) is 11.2 Å². The van der Waals surface area contributed by atoms with Crippen molar-refractivity contribution in [2.24, 2.45) is 0 Å². The zero-order valence-electron chi connectivity index (χ0n) is 8.56. The molecule has 0 N–H and O–H groups in total. The minimum atomic E-state index is -0.712. The average molecular weight is 205 g/mol. The Balaban J connectivity index is 2.83. The van der Waals surface area contributed by atoms with E-state index in [-0.39, 0.29) is 5.69 Å². The summed E-state index contributed by atoms with van der Waals surface area (Å²) < 4.78 is 5.43. The summed E-state index contributed by atoms with van der Waals surface area (Å²) in [6.07, 6.45) is 5.25. The molecule has 0 fully saturated rings. The van der Waals surface area contributed by atoms with Crippen LogP contribution in [0.15, 0.2) is 24.3 Å². The van der Waals surface area contributed by atoms with Gasteiger partial charge in [0.2, 0.25) is 0 Å². The van der Waals surface area contributed by atoms with Crippen molar-refractivity contribution >= 4 is 5.69 Å². The van der Waals surface area contributed by atoms with Crippen LogP contribution in [0.5, 0.6) is 5.75 Å². The number of hydrogen-bond donors (Lipinski definition) is 0. The average Bonchev–Trinajstić information content (AvgIpc) is 2.18. The Morgan fingerprint density at radius 3 is 2.33 bits per heavy atom. The molecule has 0 aromatic heterocycles. The third-order valence-electron chi connectivity index (χ3n) is 1.77. The molecule has 4 nitrogen and oxygen atoms in total. The quantitative estimate of drug-likeness (QED) is 0.432. The number of nitro benzene ring substituents is 1. The maximum atomic E-state index is 10.4. The van der Waals surface area contributed by atoms with Gasteiger partial charge in [-0.3, -0.25) is 10.1 Å². The Morgan fingerprint density at radius 1 is 1.40 bits per heavy atom. The summed E-state index contributed by atoms with van der Waals surface area (Å²) in [4.78, 5) is 9.92. The molecule has 1 rings (SSSR count). The van der Waals surface area contributed by atoms with Crippen molar-refractivity contribution in [3.05, 3.63) is 34.4 Å². The smallest absolute Gasteiger partial charge is 0.269 e. The zero-order chi connectivity index (χ0) is 11.5. The van der Waals surface area contributed by atoms with E-state index < -0.39 is 10.5 Å². The molecule has 0 heterocycles. The fourth-order valence-electron chi connectivity index (χ4n) is 0.960. The van der Waals surface area contributed by atoms with Crippen LogP contribution in [0.4, 0.5) is 5.69 Å². The van der Waals surface area contributed by atoms with Gasteiger partial charge in [0.25, 0.3) is 5.69 Å². The molecule has 78 valence electrons. The summed E-state index contributed by atoms with van der Waals surface area (Å²) in [7, 11) is 0. The Kier molecular flexibility index (Phi) is 2.96. The highest BCUT2D eigenvalue weighted by molar-refractivity contribution is 5.36. The van der Waals surface area contributed by atoms with Gasteiger partial charge in [0.1, 0.15) is 5.75 Å². The third kappa shape index (κ3) is 2.99. The van der Waals surface area contributed by atoms with Gasteiger partial charge < -0.3 is 4.74 Å². The van der Waals surface area contributed by atoms with Crippen LogP contribution in [0.25, 0.3) is 0 Å². The van der Waals surface area contributed by atoms with Gasteiger partial charge >= 0.3 is 0 Å². The van der Waals surface area contributed by atoms with Gasteiger partial charge in [-0.2, -0.15) is 0 Å². The first kappa shape index (κ1) is 11.1. The van der Waals surface area contributed by atoms with Crippen molar-refractivity contribution in [2.45, 2.75) is 19.4 Å². The number of non-ortho nitro benzene ring substituents is 1. The summed E-state index contributed by atoms with van der Waals surface area (Å²) in [6.45, 7) is 3.49. The van der Waals surface area contributed by atoms with Crippen molar-refractivity contribution < 1.29 is 9.66 Å². The van der Waals surface area contributed by atoms with Gasteiger partial charge in [-0.05, 0) is 26.0 Å². The highest BCUT2D eigenvalue weighted by Gasteiger charge is 2.15. The molecule has 0 radical (unpaired) electrons. The summed E-state index contributed by atoms with van der Waals surface area (Å²) in [5.74, 6) is 2.99. The number of terminal acetylenes is 1. The van der Waals surface area contributed by atoms with Crippen molar-refractivity contribution in [2.75, 3.05) is 0 Å². The molecule has 0 saturated heterocycles. The SMILES string of the molecule is C#CC(C)(C)Oc1ccc([N+](=O)[O-])cc1. The van der Waals surface area contributed by atoms with E-state index >= 15 is 0 Å². The van der Waals surface area contributed by atoms with E-state index in [1.54, 1.807) is 13.8 Å². The minimum Gasteiger partial charge on any atom is -0.475 e. The van der Waals surface area contributed by atoms with Crippen LogP contribution in [0.3, 0.4) is 0 Å². The molecule has 1 aromatic carbocycles. The van der Waals surface area contributed by atoms with Crippen molar-refractivity contribution in [1.29, 1.82) is 0 Å². The summed E-state index contributed by atoms with van der Waals surface area (Å²) >= 11 is 0. The first-order valence-electron chi connectivity index (χ1n) is 4.36. The van der Waals surface area contributed by atoms with Crippen LogP contribution < -0.4 is 4.74 Å². The monoisotopic (exact) mass is 205 g/mol. The molecule has 1 aromatic rings. The fraction of sp³-hybridized carbons (Fsp3) is 0.273. The summed E-state index contributed by atoms with van der Waals surface area (Å²) in [5, 5.41) is 10.4. The second kappa shape index (κ2) is 4.01. The molecule has 15 heavy (non-hydrogen) atoms. The van der Waals surface area contributed by atoms with Crippen LogP contribution in [-0.4, -0.2) is 10.5 Å². The molecule has 0 aliphatic carbocycles. The second-order valence-corrected chi connectivity index (χ2v) is 3.51. The molecule has 0 atom stereocenters. The van der Waals surface area contributed by atoms with E-state index in [1.165, 1.54) is 24.3 Å². The molecule has 0 bridgehead atoms. The Labute approximate surface area is 88.0 Å². The number of ether oxygens (including phenoxy) is 1. The standard InChI is InChI=1S/C11H11NO3/c1-4-11(2,3)15-10-7-5-9(6-8-10)12(13)14/h1,5-8H,2-3H3. The largest absolute Gasteiger partial charge is 0.475 e. The summed E-state index contributed by atoms with van der Waals surface area (Å²) in [5.41, 5.74) is -0.684. The van der Waals surface area contributed by atoms with E-state index in [0.29, 0.717) is 5.75 Å². The Bertz CT molecular complexity index is 401.